The van der Waals surface area contributed by atoms with Gasteiger partial charge in [0.2, 0.25) is 10.0 Å². The van der Waals surface area contributed by atoms with Crippen LogP contribution in [0, 0.1) is 0 Å². The molecule has 0 aromatic carbocycles. The fraction of sp³-hybridized carbons (Fsp3) is 0.125. The molecule has 0 atom stereocenters. The van der Waals surface area contributed by atoms with Crippen molar-refractivity contribution in [1.82, 2.24) is 15.0 Å². The van der Waals surface area contributed by atoms with Crippen LogP contribution in [0.4, 0.5) is 0 Å². The zero-order valence-electron chi connectivity index (χ0n) is 8.61. The van der Waals surface area contributed by atoms with Crippen LogP contribution in [0.5, 0.6) is 0 Å². The van der Waals surface area contributed by atoms with E-state index in [1.165, 1.54) is 30.0 Å². The van der Waals surface area contributed by atoms with Crippen LogP contribution in [0.1, 0.15) is 6.92 Å². The van der Waals surface area contributed by atoms with E-state index in [1.54, 1.807) is 6.20 Å². The largest absolute Gasteiger partial charge is 0.245 e. The molecule has 0 saturated heterocycles. The van der Waals surface area contributed by atoms with Gasteiger partial charge in [0.1, 0.15) is 0 Å². The molecule has 0 unspecified atom stereocenters. The number of hydrogen-bond donors (Lipinski definition) is 1. The van der Waals surface area contributed by atoms with Crippen molar-refractivity contribution in [2.45, 2.75) is 6.92 Å². The molecule has 0 bridgehead atoms. The molecule has 0 amide bonds. The first-order chi connectivity index (χ1) is 7.45. The fourth-order valence-corrected chi connectivity index (χ4v) is 1.08. The van der Waals surface area contributed by atoms with Gasteiger partial charge in [-0.1, -0.05) is 5.21 Å². The topological polar surface area (TPSA) is 103 Å². The molecular formula is C8H11N5O2S. The summed E-state index contributed by atoms with van der Waals surface area (Å²) >= 11 is 0. The molecule has 0 aliphatic heterocycles. The van der Waals surface area contributed by atoms with Gasteiger partial charge in [-0.05, 0) is 25.8 Å². The van der Waals surface area contributed by atoms with Crippen LogP contribution in [0.2, 0.25) is 0 Å². The van der Waals surface area contributed by atoms with E-state index in [0.717, 1.165) is 0 Å². The van der Waals surface area contributed by atoms with Gasteiger partial charge in [-0.2, -0.15) is 0 Å². The van der Waals surface area contributed by atoms with Crippen molar-refractivity contribution in [3.05, 3.63) is 29.5 Å². The first-order valence-corrected chi connectivity index (χ1v) is 5.74. The lowest BCUT2D eigenvalue weighted by Crippen LogP contribution is -2.12. The summed E-state index contributed by atoms with van der Waals surface area (Å²) in [6, 6.07) is 0. The molecule has 0 fully saturated rings. The number of nitrogens with zero attached hydrogens (tertiary/aromatic N) is 4. The van der Waals surface area contributed by atoms with Crippen molar-refractivity contribution >= 4 is 22.6 Å². The first-order valence-electron chi connectivity index (χ1n) is 4.20. The van der Waals surface area contributed by atoms with Gasteiger partial charge in [-0.15, -0.1) is 5.10 Å². The minimum atomic E-state index is -3.67. The van der Waals surface area contributed by atoms with Crippen LogP contribution >= 0.6 is 0 Å². The second-order valence-corrected chi connectivity index (χ2v) is 4.59. The van der Waals surface area contributed by atoms with E-state index in [9.17, 15) is 8.42 Å². The van der Waals surface area contributed by atoms with E-state index in [1.807, 2.05) is 0 Å². The lowest BCUT2D eigenvalue weighted by molar-refractivity contribution is 0.603. The molecular weight excluding hydrogens is 230 g/mol. The van der Waals surface area contributed by atoms with Crippen LogP contribution in [-0.4, -0.2) is 30.1 Å². The summed E-state index contributed by atoms with van der Waals surface area (Å²) in [6.45, 7) is 4.72. The Balaban J connectivity index is 3.05. The number of hydrogen-bond acceptors (Lipinski definition) is 5. The van der Waals surface area contributed by atoms with Crippen molar-refractivity contribution in [2.24, 2.45) is 10.1 Å². The SMILES string of the molecule is C=N/C(=C\C=C(/C)S(N)(=O)=O)n1ccnn1. The van der Waals surface area contributed by atoms with Gasteiger partial charge < -0.3 is 0 Å². The van der Waals surface area contributed by atoms with E-state index in [-0.39, 0.29) is 4.91 Å². The molecule has 7 nitrogen and oxygen atoms in total. The van der Waals surface area contributed by atoms with Crippen LogP contribution in [0.15, 0.2) is 34.4 Å². The molecule has 0 aliphatic rings. The van der Waals surface area contributed by atoms with Crippen LogP contribution in [0.25, 0.3) is 5.82 Å². The van der Waals surface area contributed by atoms with Gasteiger partial charge in [-0.25, -0.2) is 23.2 Å². The quantitative estimate of drug-likeness (QED) is 0.590. The van der Waals surface area contributed by atoms with Crippen LogP contribution in [-0.2, 0) is 10.0 Å². The maximum Gasteiger partial charge on any atom is 0.233 e. The zero-order valence-corrected chi connectivity index (χ0v) is 9.42. The van der Waals surface area contributed by atoms with E-state index in [2.05, 4.69) is 22.0 Å². The van der Waals surface area contributed by atoms with Crippen molar-refractivity contribution in [3.63, 3.8) is 0 Å². The number of rotatable bonds is 4. The molecule has 8 heteroatoms. The number of primary sulfonamides is 1. The van der Waals surface area contributed by atoms with E-state index < -0.39 is 10.0 Å². The first kappa shape index (κ1) is 12.3. The highest BCUT2D eigenvalue weighted by atomic mass is 32.2. The van der Waals surface area contributed by atoms with Gasteiger partial charge in [0.25, 0.3) is 0 Å². The summed E-state index contributed by atoms with van der Waals surface area (Å²) in [7, 11) is -3.67. The van der Waals surface area contributed by atoms with Crippen LogP contribution < -0.4 is 5.14 Å². The monoisotopic (exact) mass is 241 g/mol. The average Bonchev–Trinajstić information content (AvgIpc) is 2.70. The maximum absolute atomic E-state index is 10.9. The Kier molecular flexibility index (Phi) is 3.69. The lowest BCUT2D eigenvalue weighted by atomic mass is 10.4. The molecule has 2 N–H and O–H groups in total. The molecule has 86 valence electrons. The number of nitrogens with two attached hydrogens (primary N) is 1. The second-order valence-electron chi connectivity index (χ2n) is 2.85. The average molecular weight is 241 g/mol. The second kappa shape index (κ2) is 4.81. The van der Waals surface area contributed by atoms with Crippen LogP contribution in [0.3, 0.4) is 0 Å². The van der Waals surface area contributed by atoms with Crippen molar-refractivity contribution < 1.29 is 8.42 Å². The van der Waals surface area contributed by atoms with Gasteiger partial charge in [-0.3, -0.25) is 0 Å². The molecule has 0 saturated carbocycles. The minimum Gasteiger partial charge on any atom is -0.245 e. The molecule has 0 radical (unpaired) electrons. The summed E-state index contributed by atoms with van der Waals surface area (Å²) in [5.41, 5.74) is 0. The number of allylic oxidation sites excluding steroid dienone is 3. The molecule has 1 rings (SSSR count). The lowest BCUT2D eigenvalue weighted by Gasteiger charge is -1.98. The normalized spacial score (nSPS) is 13.9. The number of sulfonamides is 1. The van der Waals surface area contributed by atoms with Crippen molar-refractivity contribution in [2.75, 3.05) is 0 Å². The van der Waals surface area contributed by atoms with Gasteiger partial charge in [0.15, 0.2) is 5.82 Å². The highest BCUT2D eigenvalue weighted by molar-refractivity contribution is 7.93. The predicted octanol–water partition coefficient (Wildman–Crippen LogP) is -0.0306. The van der Waals surface area contributed by atoms with E-state index >= 15 is 0 Å². The Bertz CT molecular complexity index is 527. The summed E-state index contributed by atoms with van der Waals surface area (Å²) in [5, 5.41) is 12.2. The minimum absolute atomic E-state index is 0.0220. The van der Waals surface area contributed by atoms with Gasteiger partial charge in [0, 0.05) is 0 Å². The maximum atomic E-state index is 10.9. The molecule has 0 spiro atoms. The summed E-state index contributed by atoms with van der Waals surface area (Å²) < 4.78 is 23.2. The number of aromatic nitrogens is 3. The zero-order chi connectivity index (χ0) is 12.2. The van der Waals surface area contributed by atoms with Crippen molar-refractivity contribution in [3.8, 4) is 0 Å². The third-order valence-corrected chi connectivity index (χ3v) is 2.77. The smallest absolute Gasteiger partial charge is 0.233 e. The van der Waals surface area contributed by atoms with E-state index in [4.69, 9.17) is 5.14 Å². The Morgan fingerprint density at radius 2 is 2.25 bits per heavy atom. The molecule has 0 aliphatic carbocycles. The highest BCUT2D eigenvalue weighted by Crippen LogP contribution is 2.06. The van der Waals surface area contributed by atoms with Gasteiger partial charge in [0.05, 0.1) is 17.3 Å². The summed E-state index contributed by atoms with van der Waals surface area (Å²) in [4.78, 5) is 3.70. The molecule has 16 heavy (non-hydrogen) atoms. The van der Waals surface area contributed by atoms with Gasteiger partial charge >= 0.3 is 0 Å². The third kappa shape index (κ3) is 3.11. The number of aliphatic imine (C=N–C) groups is 1. The third-order valence-electron chi connectivity index (χ3n) is 1.74. The van der Waals surface area contributed by atoms with Crippen molar-refractivity contribution in [1.29, 1.82) is 0 Å². The standard InChI is InChI=1S/C8H11N5O2S/c1-7(16(9,14)15)3-4-8(10-2)13-6-5-11-12-13/h3-6H,2H2,1H3,(H2,9,14,15)/b7-3+,8-4+. The fourth-order valence-electron chi connectivity index (χ4n) is 0.819. The highest BCUT2D eigenvalue weighted by Gasteiger charge is 2.04. The Labute approximate surface area is 93.0 Å². The van der Waals surface area contributed by atoms with E-state index in [0.29, 0.717) is 5.82 Å². The summed E-state index contributed by atoms with van der Waals surface area (Å²) in [6.07, 6.45) is 5.78. The molecule has 1 aromatic heterocycles. The molecule has 1 aromatic rings. The Hall–Kier alpha value is -1.80. The molecule has 1 heterocycles. The predicted molar refractivity (Wildman–Crippen MR) is 60.7 cm³/mol. The Morgan fingerprint density at radius 1 is 1.56 bits per heavy atom. The Morgan fingerprint density at radius 3 is 2.69 bits per heavy atom. The summed E-state index contributed by atoms with van der Waals surface area (Å²) in [5.74, 6) is 0.348.